The lowest BCUT2D eigenvalue weighted by molar-refractivity contribution is -0.138. The van der Waals surface area contributed by atoms with Crippen molar-refractivity contribution in [3.63, 3.8) is 0 Å². The Labute approximate surface area is 167 Å². The highest BCUT2D eigenvalue weighted by Crippen LogP contribution is 2.34. The van der Waals surface area contributed by atoms with Gasteiger partial charge in [-0.1, -0.05) is 18.2 Å². The minimum atomic E-state index is -4.58. The van der Waals surface area contributed by atoms with Crippen LogP contribution >= 0.6 is 0 Å². The Morgan fingerprint density at radius 1 is 1.10 bits per heavy atom. The van der Waals surface area contributed by atoms with Gasteiger partial charge >= 0.3 is 6.18 Å². The fourth-order valence-electron chi connectivity index (χ4n) is 3.74. The molecule has 10 heteroatoms. The second-order valence-electron chi connectivity index (χ2n) is 7.32. The number of halogens is 6. The first kappa shape index (κ1) is 20.5. The Kier molecular flexibility index (Phi) is 5.13. The molecule has 0 radical (unpaired) electrons. The number of rotatable bonds is 3. The highest BCUT2D eigenvalue weighted by atomic mass is 19.4. The SMILES string of the molecule is NC1CN(c2nc3cc(F)c(F)cc3n2Cc2ccccc2C(F)(F)F)CCC1F. The standard InChI is InChI=1S/C20H18F6N4/c21-13-5-6-29(10-16(13)27)19-28-17-7-14(22)15(23)8-18(17)30(19)9-11-3-1-2-4-12(11)20(24,25)26/h1-4,7-8,13,16H,5-6,9-10,27H2. The summed E-state index contributed by atoms with van der Waals surface area (Å²) < 4.78 is 83.2. The number of alkyl halides is 4. The van der Waals surface area contributed by atoms with Gasteiger partial charge in [0.25, 0.3) is 0 Å². The van der Waals surface area contributed by atoms with Gasteiger partial charge in [-0.15, -0.1) is 0 Å². The molecule has 4 nitrogen and oxygen atoms in total. The molecule has 3 aromatic rings. The number of nitrogens with zero attached hydrogens (tertiary/aromatic N) is 3. The number of hydrogen-bond acceptors (Lipinski definition) is 3. The fourth-order valence-corrected chi connectivity index (χ4v) is 3.74. The van der Waals surface area contributed by atoms with E-state index in [9.17, 15) is 26.3 Å². The van der Waals surface area contributed by atoms with E-state index in [4.69, 9.17) is 5.73 Å². The Balaban J connectivity index is 1.85. The Morgan fingerprint density at radius 3 is 2.50 bits per heavy atom. The van der Waals surface area contributed by atoms with E-state index in [-0.39, 0.29) is 48.6 Å². The number of imidazole rings is 1. The zero-order valence-corrected chi connectivity index (χ0v) is 15.6. The molecule has 30 heavy (non-hydrogen) atoms. The zero-order chi connectivity index (χ0) is 21.6. The average molecular weight is 428 g/mol. The molecule has 2 heterocycles. The lowest BCUT2D eigenvalue weighted by Crippen LogP contribution is -2.50. The second-order valence-corrected chi connectivity index (χ2v) is 7.32. The molecule has 1 aliphatic heterocycles. The van der Waals surface area contributed by atoms with Crippen LogP contribution in [0.5, 0.6) is 0 Å². The van der Waals surface area contributed by atoms with Crippen LogP contribution in [0, 0.1) is 11.6 Å². The summed E-state index contributed by atoms with van der Waals surface area (Å²) in [5.74, 6) is -2.07. The molecule has 1 saturated heterocycles. The summed E-state index contributed by atoms with van der Waals surface area (Å²) in [6.07, 6.45) is -5.68. The molecule has 160 valence electrons. The molecule has 1 aromatic heterocycles. The van der Waals surface area contributed by atoms with E-state index in [1.54, 1.807) is 4.90 Å². The van der Waals surface area contributed by atoms with E-state index in [0.717, 1.165) is 18.2 Å². The predicted octanol–water partition coefficient (Wildman–Crippen LogP) is 4.26. The first-order chi connectivity index (χ1) is 14.1. The van der Waals surface area contributed by atoms with Crippen LogP contribution in [-0.2, 0) is 12.7 Å². The molecular formula is C20H18F6N4. The van der Waals surface area contributed by atoms with Gasteiger partial charge in [-0.2, -0.15) is 13.2 Å². The monoisotopic (exact) mass is 428 g/mol. The van der Waals surface area contributed by atoms with Crippen molar-refractivity contribution in [2.75, 3.05) is 18.0 Å². The number of benzene rings is 2. The first-order valence-corrected chi connectivity index (χ1v) is 9.30. The summed E-state index contributed by atoms with van der Waals surface area (Å²) in [6, 6.07) is 6.01. The van der Waals surface area contributed by atoms with Crippen LogP contribution in [0.25, 0.3) is 11.0 Å². The van der Waals surface area contributed by atoms with Gasteiger partial charge in [0.1, 0.15) is 6.17 Å². The summed E-state index contributed by atoms with van der Waals surface area (Å²) in [5, 5.41) is 0. The quantitative estimate of drug-likeness (QED) is 0.635. The molecule has 0 bridgehead atoms. The second kappa shape index (κ2) is 7.50. The van der Waals surface area contributed by atoms with Crippen molar-refractivity contribution in [3.05, 3.63) is 59.2 Å². The van der Waals surface area contributed by atoms with Crippen LogP contribution in [0.2, 0.25) is 0 Å². The number of nitrogens with two attached hydrogens (primary N) is 1. The fraction of sp³-hybridized carbons (Fsp3) is 0.350. The number of hydrogen-bond donors (Lipinski definition) is 1. The van der Waals surface area contributed by atoms with E-state index in [2.05, 4.69) is 4.98 Å². The highest BCUT2D eigenvalue weighted by molar-refractivity contribution is 5.79. The van der Waals surface area contributed by atoms with Gasteiger partial charge in [-0.3, -0.25) is 0 Å². The van der Waals surface area contributed by atoms with Crippen molar-refractivity contribution in [1.29, 1.82) is 0 Å². The third-order valence-corrected chi connectivity index (χ3v) is 5.27. The van der Waals surface area contributed by atoms with Crippen LogP contribution in [0.1, 0.15) is 17.5 Å². The average Bonchev–Trinajstić information content (AvgIpc) is 3.01. The van der Waals surface area contributed by atoms with Crippen molar-refractivity contribution in [3.8, 4) is 0 Å². The predicted molar refractivity (Wildman–Crippen MR) is 99.9 cm³/mol. The topological polar surface area (TPSA) is 47.1 Å². The van der Waals surface area contributed by atoms with Crippen LogP contribution in [-0.4, -0.2) is 34.9 Å². The maximum absolute atomic E-state index is 13.9. The zero-order valence-electron chi connectivity index (χ0n) is 15.6. The van der Waals surface area contributed by atoms with Gasteiger partial charge in [0.05, 0.1) is 29.2 Å². The summed E-state index contributed by atoms with van der Waals surface area (Å²) in [4.78, 5) is 5.94. The summed E-state index contributed by atoms with van der Waals surface area (Å²) in [6.45, 7) is 0.0256. The largest absolute Gasteiger partial charge is 0.416 e. The molecule has 0 aliphatic carbocycles. The van der Waals surface area contributed by atoms with Crippen molar-refractivity contribution in [1.82, 2.24) is 9.55 Å². The van der Waals surface area contributed by atoms with Crippen molar-refractivity contribution in [2.45, 2.75) is 31.4 Å². The third kappa shape index (κ3) is 3.71. The minimum absolute atomic E-state index is 0.0556. The maximum atomic E-state index is 13.9. The van der Waals surface area contributed by atoms with Crippen LogP contribution < -0.4 is 10.6 Å². The Morgan fingerprint density at radius 2 is 1.80 bits per heavy atom. The molecule has 2 unspecified atom stereocenters. The Hall–Kier alpha value is -2.75. The summed E-state index contributed by atoms with van der Waals surface area (Å²) >= 11 is 0. The van der Waals surface area contributed by atoms with Crippen LogP contribution in [0.15, 0.2) is 36.4 Å². The number of aromatic nitrogens is 2. The van der Waals surface area contributed by atoms with Gasteiger partial charge in [-0.25, -0.2) is 18.2 Å². The molecule has 4 rings (SSSR count). The molecule has 2 aromatic carbocycles. The number of anilines is 1. The maximum Gasteiger partial charge on any atom is 0.416 e. The van der Waals surface area contributed by atoms with Crippen LogP contribution in [0.3, 0.4) is 0 Å². The molecule has 2 N–H and O–H groups in total. The van der Waals surface area contributed by atoms with Gasteiger partial charge in [0.15, 0.2) is 11.6 Å². The van der Waals surface area contributed by atoms with E-state index in [0.29, 0.717) is 0 Å². The lowest BCUT2D eigenvalue weighted by Gasteiger charge is -2.34. The van der Waals surface area contributed by atoms with Crippen molar-refractivity contribution < 1.29 is 26.3 Å². The van der Waals surface area contributed by atoms with E-state index in [1.165, 1.54) is 22.8 Å². The molecule has 0 spiro atoms. The van der Waals surface area contributed by atoms with E-state index >= 15 is 0 Å². The van der Waals surface area contributed by atoms with Crippen LogP contribution in [0.4, 0.5) is 32.3 Å². The van der Waals surface area contributed by atoms with Crippen molar-refractivity contribution >= 4 is 17.0 Å². The molecule has 1 fully saturated rings. The number of piperidine rings is 1. The summed E-state index contributed by atoms with van der Waals surface area (Å²) in [5.41, 5.74) is 5.14. The highest BCUT2D eigenvalue weighted by Gasteiger charge is 2.34. The molecule has 2 atom stereocenters. The summed E-state index contributed by atoms with van der Waals surface area (Å²) in [7, 11) is 0. The minimum Gasteiger partial charge on any atom is -0.340 e. The first-order valence-electron chi connectivity index (χ1n) is 9.30. The van der Waals surface area contributed by atoms with Crippen molar-refractivity contribution in [2.24, 2.45) is 5.73 Å². The molecular weight excluding hydrogens is 410 g/mol. The normalized spacial score (nSPS) is 20.2. The Bertz CT molecular complexity index is 1080. The lowest BCUT2D eigenvalue weighted by atomic mass is 10.0. The molecule has 0 amide bonds. The van der Waals surface area contributed by atoms with Gasteiger partial charge in [-0.05, 0) is 18.1 Å². The van der Waals surface area contributed by atoms with E-state index in [1.807, 2.05) is 0 Å². The van der Waals surface area contributed by atoms with E-state index < -0.39 is 35.6 Å². The van der Waals surface area contributed by atoms with Gasteiger partial charge < -0.3 is 15.2 Å². The van der Waals surface area contributed by atoms with Gasteiger partial charge in [0.2, 0.25) is 5.95 Å². The number of fused-ring (bicyclic) bond motifs is 1. The van der Waals surface area contributed by atoms with Gasteiger partial charge in [0, 0.05) is 25.2 Å². The smallest absolute Gasteiger partial charge is 0.340 e. The molecule has 0 saturated carbocycles. The third-order valence-electron chi connectivity index (χ3n) is 5.27. The molecule has 1 aliphatic rings.